The lowest BCUT2D eigenvalue weighted by Gasteiger charge is -2.28. The number of ether oxygens (including phenoxy) is 8. The summed E-state index contributed by atoms with van der Waals surface area (Å²) in [5.74, 6) is 6.23. The molecule has 0 aliphatic carbocycles. The third-order valence-electron chi connectivity index (χ3n) is 7.44. The third-order valence-corrected chi connectivity index (χ3v) is 7.44. The molecule has 252 valence electrons. The van der Waals surface area contributed by atoms with Crippen molar-refractivity contribution in [2.75, 3.05) is 35.0 Å². The van der Waals surface area contributed by atoms with Gasteiger partial charge < -0.3 is 37.9 Å². The van der Waals surface area contributed by atoms with E-state index in [2.05, 4.69) is 18.2 Å². The Morgan fingerprint density at radius 2 is 0.894 bits per heavy atom. The minimum atomic E-state index is -0.273. The second-order valence-electron chi connectivity index (χ2n) is 12.7. The number of methoxy groups -OCH3 is 4. The summed E-state index contributed by atoms with van der Waals surface area (Å²) in [6.45, 7) is 14.7. The Kier molecular flexibility index (Phi) is 10.7. The van der Waals surface area contributed by atoms with Gasteiger partial charge in [-0.15, -0.1) is 0 Å². The van der Waals surface area contributed by atoms with Crippen molar-refractivity contribution in [1.82, 2.24) is 0 Å². The molecule has 0 N–H and O–H groups in total. The van der Waals surface area contributed by atoms with E-state index in [1.54, 1.807) is 28.4 Å². The van der Waals surface area contributed by atoms with Crippen LogP contribution in [-0.2, 0) is 0 Å². The summed E-state index contributed by atoms with van der Waals surface area (Å²) in [4.78, 5) is 0. The van der Waals surface area contributed by atoms with Gasteiger partial charge in [-0.2, -0.15) is 0 Å². The van der Waals surface area contributed by atoms with Gasteiger partial charge in [0.25, 0.3) is 0 Å². The lowest BCUT2D eigenvalue weighted by molar-refractivity contribution is 0.157. The van der Waals surface area contributed by atoms with Gasteiger partial charge in [0, 0.05) is 34.9 Å². The van der Waals surface area contributed by atoms with Gasteiger partial charge in [0.05, 0.1) is 35.0 Å². The fourth-order valence-electron chi connectivity index (χ4n) is 4.99. The van der Waals surface area contributed by atoms with E-state index in [4.69, 9.17) is 37.9 Å². The van der Waals surface area contributed by atoms with Crippen LogP contribution in [0.15, 0.2) is 60.7 Å². The van der Waals surface area contributed by atoms with E-state index in [0.717, 1.165) is 51.2 Å². The quantitative estimate of drug-likeness (QED) is 0.263. The van der Waals surface area contributed by atoms with Crippen LogP contribution in [0.4, 0.5) is 0 Å². The minimum absolute atomic E-state index is 0.223. The topological polar surface area (TPSA) is 73.8 Å². The highest BCUT2D eigenvalue weighted by molar-refractivity contribution is 5.67. The third kappa shape index (κ3) is 8.97. The monoisotopic (exact) mass is 644 g/mol. The minimum Gasteiger partial charge on any atom is -0.497 e. The van der Waals surface area contributed by atoms with E-state index in [9.17, 15) is 0 Å². The number of fused-ring (bicyclic) bond motifs is 3. The molecule has 0 amide bonds. The van der Waals surface area contributed by atoms with E-state index in [-0.39, 0.29) is 16.8 Å². The fourth-order valence-corrected chi connectivity index (χ4v) is 4.99. The molecule has 6 rings (SSSR count). The Morgan fingerprint density at radius 1 is 0.489 bits per heavy atom. The predicted molar refractivity (Wildman–Crippen MR) is 188 cm³/mol. The summed E-state index contributed by atoms with van der Waals surface area (Å²) in [5.41, 5.74) is 2.36. The fraction of sp³-hybridized carbons (Fsp3) is 0.385. The summed E-state index contributed by atoms with van der Waals surface area (Å²) in [6.07, 6.45) is 12.3. The van der Waals surface area contributed by atoms with E-state index in [1.807, 2.05) is 109 Å². The summed E-state index contributed by atoms with van der Waals surface area (Å²) >= 11 is 0. The van der Waals surface area contributed by atoms with Crippen molar-refractivity contribution in [3.05, 3.63) is 77.4 Å². The Bertz CT molecular complexity index is 1650. The van der Waals surface area contributed by atoms with Gasteiger partial charge in [0.15, 0.2) is 23.0 Å². The Morgan fingerprint density at radius 3 is 1.34 bits per heavy atom. The molecule has 8 heteroatoms. The van der Waals surface area contributed by atoms with Crippen LogP contribution in [0.3, 0.4) is 0 Å². The maximum absolute atomic E-state index is 5.88. The summed E-state index contributed by atoms with van der Waals surface area (Å²) in [6, 6.07) is 13.5. The van der Waals surface area contributed by atoms with Gasteiger partial charge in [0.2, 0.25) is 0 Å². The highest BCUT2D eigenvalue weighted by atomic mass is 16.5. The normalized spacial score (nSPS) is 16.4. The Balaban J connectivity index is 0.000000160. The molecule has 8 nitrogen and oxygen atoms in total. The highest BCUT2D eigenvalue weighted by Crippen LogP contribution is 2.41. The smallest absolute Gasteiger partial charge is 0.164 e. The van der Waals surface area contributed by atoms with Gasteiger partial charge in [-0.3, -0.25) is 0 Å². The van der Waals surface area contributed by atoms with Crippen LogP contribution in [0.25, 0.3) is 18.2 Å². The Labute approximate surface area is 279 Å². The molecule has 0 aromatic heterocycles. The van der Waals surface area contributed by atoms with E-state index in [1.165, 1.54) is 0 Å². The molecule has 0 radical (unpaired) electrons. The summed E-state index contributed by atoms with van der Waals surface area (Å²) in [5, 5.41) is 0. The van der Waals surface area contributed by atoms with Crippen LogP contribution in [0.2, 0.25) is 0 Å². The SMILES string of the molecule is CCOc1cc2c(cc1OC)C=CC(C)(C)O2.COc1cc2c(cc1OC)OC(C)(C)C=C2.COc1ccc2c(c1)OC(C)(C)C=C2. The number of hydrogen-bond donors (Lipinski definition) is 0. The molecule has 3 aliphatic rings. The zero-order valence-corrected chi connectivity index (χ0v) is 29.5. The molecule has 0 saturated carbocycles. The standard InChI is InChI=1S/C14H18O3.C13H16O3.C12H14O2/c1-5-16-13-9-11-10(8-12(13)15-4)6-7-14(2,3)17-11;1-13(2)6-5-9-7-11(14-3)12(15-4)8-10(9)16-13;1-12(2)7-6-9-4-5-10(13-3)8-11(9)14-12/h6-9H,5H2,1-4H3;5-8H,1-4H3;4-8H,1-3H3. The van der Waals surface area contributed by atoms with Crippen molar-refractivity contribution >= 4 is 18.2 Å². The second kappa shape index (κ2) is 14.4. The molecule has 3 aliphatic heterocycles. The van der Waals surface area contributed by atoms with Gasteiger partial charge in [-0.05, 0) is 91.0 Å². The molecule has 3 aromatic carbocycles. The van der Waals surface area contributed by atoms with Gasteiger partial charge in [0.1, 0.15) is 39.8 Å². The van der Waals surface area contributed by atoms with Gasteiger partial charge in [-0.1, -0.05) is 18.2 Å². The van der Waals surface area contributed by atoms with Gasteiger partial charge >= 0.3 is 0 Å². The number of rotatable bonds is 6. The van der Waals surface area contributed by atoms with Crippen LogP contribution in [-0.4, -0.2) is 51.8 Å². The van der Waals surface area contributed by atoms with Crippen LogP contribution < -0.4 is 37.9 Å². The second-order valence-corrected chi connectivity index (χ2v) is 12.7. The molecule has 0 atom stereocenters. The van der Waals surface area contributed by atoms with Crippen LogP contribution >= 0.6 is 0 Å². The first kappa shape index (κ1) is 35.1. The Hall–Kier alpha value is -4.72. The molecule has 0 fully saturated rings. The first-order chi connectivity index (χ1) is 22.2. The molecular formula is C39H48O8. The average Bonchev–Trinajstić information content (AvgIpc) is 3.03. The number of benzene rings is 3. The molecule has 0 bridgehead atoms. The highest BCUT2D eigenvalue weighted by Gasteiger charge is 2.25. The lowest BCUT2D eigenvalue weighted by atomic mass is 10.0. The van der Waals surface area contributed by atoms with Gasteiger partial charge in [-0.25, -0.2) is 0 Å². The van der Waals surface area contributed by atoms with E-state index >= 15 is 0 Å². The first-order valence-corrected chi connectivity index (χ1v) is 15.7. The molecule has 3 heterocycles. The molecular weight excluding hydrogens is 596 g/mol. The van der Waals surface area contributed by atoms with E-state index in [0.29, 0.717) is 18.1 Å². The predicted octanol–water partition coefficient (Wildman–Crippen LogP) is 9.05. The molecule has 0 spiro atoms. The summed E-state index contributed by atoms with van der Waals surface area (Å²) in [7, 11) is 6.54. The number of hydrogen-bond acceptors (Lipinski definition) is 8. The van der Waals surface area contributed by atoms with Crippen LogP contribution in [0.1, 0.15) is 65.2 Å². The molecule has 3 aromatic rings. The van der Waals surface area contributed by atoms with Crippen molar-refractivity contribution in [2.45, 2.75) is 65.3 Å². The lowest BCUT2D eigenvalue weighted by Crippen LogP contribution is -2.27. The van der Waals surface area contributed by atoms with E-state index < -0.39 is 0 Å². The largest absolute Gasteiger partial charge is 0.497 e. The maximum Gasteiger partial charge on any atom is 0.164 e. The molecule has 47 heavy (non-hydrogen) atoms. The van der Waals surface area contributed by atoms with Crippen molar-refractivity contribution in [2.24, 2.45) is 0 Å². The van der Waals surface area contributed by atoms with Crippen LogP contribution in [0, 0.1) is 0 Å². The maximum atomic E-state index is 5.88. The zero-order valence-electron chi connectivity index (χ0n) is 29.5. The van der Waals surface area contributed by atoms with Crippen LogP contribution in [0.5, 0.6) is 46.0 Å². The first-order valence-electron chi connectivity index (χ1n) is 15.7. The van der Waals surface area contributed by atoms with Crippen molar-refractivity contribution in [3.8, 4) is 46.0 Å². The van der Waals surface area contributed by atoms with Crippen molar-refractivity contribution < 1.29 is 37.9 Å². The molecule has 0 saturated heterocycles. The zero-order chi connectivity index (χ0) is 34.4. The van der Waals surface area contributed by atoms with Crippen molar-refractivity contribution in [3.63, 3.8) is 0 Å². The molecule has 0 unspecified atom stereocenters. The average molecular weight is 645 g/mol. The summed E-state index contributed by atoms with van der Waals surface area (Å²) < 4.78 is 44.0. The van der Waals surface area contributed by atoms with Crippen molar-refractivity contribution in [1.29, 1.82) is 0 Å².